The minimum absolute atomic E-state index is 0.0767. The number of carbonyl (C=O) groups is 2. The number of nitrogens with zero attached hydrogens (tertiary/aromatic N) is 1. The van der Waals surface area contributed by atoms with E-state index in [0.29, 0.717) is 13.1 Å². The van der Waals surface area contributed by atoms with Gasteiger partial charge in [0, 0.05) is 13.1 Å². The molecule has 3 unspecified atom stereocenters. The zero-order chi connectivity index (χ0) is 13.0. The Bertz CT molecular complexity index is 293. The van der Waals surface area contributed by atoms with Crippen LogP contribution < -0.4 is 5.32 Å². The van der Waals surface area contributed by atoms with E-state index in [9.17, 15) is 14.7 Å². The van der Waals surface area contributed by atoms with Crippen molar-refractivity contribution < 1.29 is 14.7 Å². The number of aliphatic carboxylic acids is 1. The highest BCUT2D eigenvalue weighted by Gasteiger charge is 2.40. The lowest BCUT2D eigenvalue weighted by Crippen LogP contribution is -2.50. The number of rotatable bonds is 5. The third kappa shape index (κ3) is 3.19. The molecular weight excluding hydrogens is 220 g/mol. The Balaban J connectivity index is 2.64. The fourth-order valence-corrected chi connectivity index (χ4v) is 2.34. The Labute approximate surface area is 102 Å². The number of likely N-dealkylation sites (tertiary alicyclic amines) is 1. The van der Waals surface area contributed by atoms with E-state index in [1.165, 1.54) is 0 Å². The van der Waals surface area contributed by atoms with Crippen LogP contribution in [-0.2, 0) is 9.59 Å². The summed E-state index contributed by atoms with van der Waals surface area (Å²) in [5, 5.41) is 12.0. The molecule has 5 nitrogen and oxygen atoms in total. The number of carbonyl (C=O) groups excluding carboxylic acids is 1. The quantitative estimate of drug-likeness (QED) is 0.744. The molecule has 1 saturated heterocycles. The van der Waals surface area contributed by atoms with Crippen LogP contribution in [-0.4, -0.2) is 47.1 Å². The second-order valence-corrected chi connectivity index (χ2v) is 4.75. The van der Waals surface area contributed by atoms with E-state index in [-0.39, 0.29) is 17.9 Å². The zero-order valence-corrected chi connectivity index (χ0v) is 10.8. The molecule has 5 heteroatoms. The first-order valence-corrected chi connectivity index (χ1v) is 6.25. The molecule has 2 N–H and O–H groups in total. The third-order valence-electron chi connectivity index (χ3n) is 3.42. The third-order valence-corrected chi connectivity index (χ3v) is 3.42. The molecule has 0 aromatic heterocycles. The Morgan fingerprint density at radius 2 is 2.18 bits per heavy atom. The Hall–Kier alpha value is -1.10. The first-order valence-electron chi connectivity index (χ1n) is 6.25. The molecule has 0 aromatic carbocycles. The standard InChI is InChI=1S/C12H22N2O3/c1-4-6-13-11(15)9(3)14-7-5-8(2)10(14)12(16)17/h8-10H,4-7H2,1-3H3,(H,13,15)(H,16,17). The topological polar surface area (TPSA) is 69.6 Å². The molecule has 0 spiro atoms. The summed E-state index contributed by atoms with van der Waals surface area (Å²) < 4.78 is 0. The number of amides is 1. The van der Waals surface area contributed by atoms with E-state index in [1.807, 2.05) is 13.8 Å². The van der Waals surface area contributed by atoms with Gasteiger partial charge in [0.1, 0.15) is 6.04 Å². The molecule has 1 amide bonds. The number of hydrogen-bond donors (Lipinski definition) is 2. The molecule has 0 aliphatic carbocycles. The summed E-state index contributed by atoms with van der Waals surface area (Å²) in [6.07, 6.45) is 1.72. The van der Waals surface area contributed by atoms with Gasteiger partial charge in [-0.15, -0.1) is 0 Å². The van der Waals surface area contributed by atoms with Gasteiger partial charge in [-0.1, -0.05) is 13.8 Å². The van der Waals surface area contributed by atoms with Gasteiger partial charge in [-0.3, -0.25) is 14.5 Å². The van der Waals surface area contributed by atoms with Crippen LogP contribution in [0, 0.1) is 5.92 Å². The predicted octanol–water partition coefficient (Wildman–Crippen LogP) is 0.696. The molecule has 1 aliphatic rings. The lowest BCUT2D eigenvalue weighted by atomic mass is 10.0. The second kappa shape index (κ2) is 6.00. The molecule has 3 atom stereocenters. The van der Waals surface area contributed by atoms with E-state index in [4.69, 9.17) is 0 Å². The largest absolute Gasteiger partial charge is 0.480 e. The summed E-state index contributed by atoms with van der Waals surface area (Å²) in [7, 11) is 0. The van der Waals surface area contributed by atoms with Gasteiger partial charge in [-0.25, -0.2) is 0 Å². The van der Waals surface area contributed by atoms with Crippen LogP contribution in [0.1, 0.15) is 33.6 Å². The molecule has 1 fully saturated rings. The molecular formula is C12H22N2O3. The smallest absolute Gasteiger partial charge is 0.321 e. The first-order chi connectivity index (χ1) is 7.99. The van der Waals surface area contributed by atoms with Gasteiger partial charge in [0.2, 0.25) is 5.91 Å². The number of hydrogen-bond acceptors (Lipinski definition) is 3. The van der Waals surface area contributed by atoms with Crippen molar-refractivity contribution in [3.8, 4) is 0 Å². The first kappa shape index (κ1) is 14.0. The van der Waals surface area contributed by atoms with E-state index in [0.717, 1.165) is 12.8 Å². The molecule has 0 radical (unpaired) electrons. The fraction of sp³-hybridized carbons (Fsp3) is 0.833. The maximum atomic E-state index is 11.8. The molecule has 1 aliphatic heterocycles. The van der Waals surface area contributed by atoms with Crippen LogP contribution in [0.25, 0.3) is 0 Å². The normalized spacial score (nSPS) is 26.8. The Kier molecular flexibility index (Phi) is 4.93. The highest BCUT2D eigenvalue weighted by molar-refractivity contribution is 5.83. The molecule has 0 aromatic rings. The van der Waals surface area contributed by atoms with Gasteiger partial charge in [0.15, 0.2) is 0 Å². The highest BCUT2D eigenvalue weighted by atomic mass is 16.4. The lowest BCUT2D eigenvalue weighted by molar-refractivity contribution is -0.145. The average molecular weight is 242 g/mol. The van der Waals surface area contributed by atoms with Crippen molar-refractivity contribution >= 4 is 11.9 Å². The van der Waals surface area contributed by atoms with Crippen molar-refractivity contribution in [3.05, 3.63) is 0 Å². The number of carboxylic acid groups (broad SMARTS) is 1. The van der Waals surface area contributed by atoms with Crippen molar-refractivity contribution in [1.29, 1.82) is 0 Å². The van der Waals surface area contributed by atoms with E-state index in [1.54, 1.807) is 11.8 Å². The van der Waals surface area contributed by atoms with Crippen LogP contribution in [0.3, 0.4) is 0 Å². The van der Waals surface area contributed by atoms with Crippen molar-refractivity contribution in [3.63, 3.8) is 0 Å². The van der Waals surface area contributed by atoms with E-state index in [2.05, 4.69) is 5.32 Å². The maximum Gasteiger partial charge on any atom is 0.321 e. The van der Waals surface area contributed by atoms with Gasteiger partial charge in [-0.2, -0.15) is 0 Å². The van der Waals surface area contributed by atoms with Crippen molar-refractivity contribution in [2.24, 2.45) is 5.92 Å². The molecule has 98 valence electrons. The number of carboxylic acids is 1. The summed E-state index contributed by atoms with van der Waals surface area (Å²) in [6.45, 7) is 7.01. The van der Waals surface area contributed by atoms with Gasteiger partial charge < -0.3 is 10.4 Å². The Morgan fingerprint density at radius 1 is 1.53 bits per heavy atom. The summed E-state index contributed by atoms with van der Waals surface area (Å²) in [5.74, 6) is -0.800. The lowest BCUT2D eigenvalue weighted by Gasteiger charge is -2.28. The summed E-state index contributed by atoms with van der Waals surface area (Å²) in [6, 6.07) is -0.898. The van der Waals surface area contributed by atoms with Gasteiger partial charge in [-0.05, 0) is 25.7 Å². The second-order valence-electron chi connectivity index (χ2n) is 4.75. The van der Waals surface area contributed by atoms with Gasteiger partial charge in [0.05, 0.1) is 6.04 Å². The zero-order valence-electron chi connectivity index (χ0n) is 10.8. The van der Waals surface area contributed by atoms with Crippen LogP contribution in [0.5, 0.6) is 0 Å². The van der Waals surface area contributed by atoms with Crippen LogP contribution in [0.2, 0.25) is 0 Å². The van der Waals surface area contributed by atoms with Gasteiger partial charge >= 0.3 is 5.97 Å². The Morgan fingerprint density at radius 3 is 2.71 bits per heavy atom. The van der Waals surface area contributed by atoms with E-state index < -0.39 is 12.0 Å². The average Bonchev–Trinajstić information content (AvgIpc) is 2.66. The van der Waals surface area contributed by atoms with Crippen molar-refractivity contribution in [2.75, 3.05) is 13.1 Å². The van der Waals surface area contributed by atoms with Crippen molar-refractivity contribution in [2.45, 2.75) is 45.7 Å². The predicted molar refractivity (Wildman–Crippen MR) is 64.7 cm³/mol. The SMILES string of the molecule is CCCNC(=O)C(C)N1CCC(C)C1C(=O)O. The van der Waals surface area contributed by atoms with Crippen LogP contribution in [0.15, 0.2) is 0 Å². The van der Waals surface area contributed by atoms with Crippen LogP contribution >= 0.6 is 0 Å². The summed E-state index contributed by atoms with van der Waals surface area (Å²) in [5.41, 5.74) is 0. The maximum absolute atomic E-state index is 11.8. The number of nitrogens with one attached hydrogen (secondary N) is 1. The molecule has 1 rings (SSSR count). The van der Waals surface area contributed by atoms with Crippen molar-refractivity contribution in [1.82, 2.24) is 10.2 Å². The monoisotopic (exact) mass is 242 g/mol. The molecule has 0 saturated carbocycles. The van der Waals surface area contributed by atoms with Crippen LogP contribution in [0.4, 0.5) is 0 Å². The highest BCUT2D eigenvalue weighted by Crippen LogP contribution is 2.26. The summed E-state index contributed by atoms with van der Waals surface area (Å²) in [4.78, 5) is 24.8. The van der Waals surface area contributed by atoms with E-state index >= 15 is 0 Å². The summed E-state index contributed by atoms with van der Waals surface area (Å²) >= 11 is 0. The minimum Gasteiger partial charge on any atom is -0.480 e. The fourth-order valence-electron chi connectivity index (χ4n) is 2.34. The molecule has 17 heavy (non-hydrogen) atoms. The van der Waals surface area contributed by atoms with Gasteiger partial charge in [0.25, 0.3) is 0 Å². The minimum atomic E-state index is -0.829. The molecule has 0 bridgehead atoms. The molecule has 1 heterocycles.